The third-order valence-electron chi connectivity index (χ3n) is 5.35. The summed E-state index contributed by atoms with van der Waals surface area (Å²) in [5.74, 6) is 0.310. The molecule has 3 aromatic carbocycles. The van der Waals surface area contributed by atoms with Crippen LogP contribution in [0.5, 0.6) is 5.75 Å². The molecule has 0 radical (unpaired) electrons. The lowest BCUT2D eigenvalue weighted by atomic mass is 9.98. The molecule has 0 aliphatic heterocycles. The number of benzene rings is 3. The Labute approximate surface area is 212 Å². The van der Waals surface area contributed by atoms with Crippen LogP contribution in [0.1, 0.15) is 43.5 Å². The normalized spacial score (nSPS) is 11.9. The van der Waals surface area contributed by atoms with Crippen LogP contribution in [0.3, 0.4) is 0 Å². The minimum absolute atomic E-state index is 0.142. The molecule has 0 aliphatic carbocycles. The fourth-order valence-corrected chi connectivity index (χ4v) is 3.64. The Morgan fingerprint density at radius 2 is 1.64 bits per heavy atom. The van der Waals surface area contributed by atoms with E-state index in [9.17, 15) is 14.7 Å². The highest BCUT2D eigenvalue weighted by Crippen LogP contribution is 2.26. The summed E-state index contributed by atoms with van der Waals surface area (Å²) in [7, 11) is 1.36. The topological polar surface area (TPSA) is 94.1 Å². The summed E-state index contributed by atoms with van der Waals surface area (Å²) in [6, 6.07) is 22.4. The zero-order valence-electron chi connectivity index (χ0n) is 21.1. The minimum Gasteiger partial charge on any atom is -0.489 e. The van der Waals surface area contributed by atoms with Gasteiger partial charge in [0.1, 0.15) is 18.0 Å². The van der Waals surface area contributed by atoms with Crippen LogP contribution < -0.4 is 10.1 Å². The smallest absolute Gasteiger partial charge is 0.408 e. The number of aliphatic hydroxyl groups is 1. The summed E-state index contributed by atoms with van der Waals surface area (Å²) in [6.45, 7) is 5.42. The predicted octanol–water partition coefficient (Wildman–Crippen LogP) is 5.21. The van der Waals surface area contributed by atoms with Gasteiger partial charge in [-0.15, -0.1) is 0 Å². The van der Waals surface area contributed by atoms with Crippen molar-refractivity contribution < 1.29 is 28.9 Å². The molecule has 3 rings (SSSR count). The molecule has 0 bridgehead atoms. The highest BCUT2D eigenvalue weighted by Gasteiger charge is 2.20. The van der Waals surface area contributed by atoms with E-state index in [0.29, 0.717) is 12.4 Å². The lowest BCUT2D eigenvalue weighted by molar-refractivity contribution is -0.139. The van der Waals surface area contributed by atoms with E-state index in [1.807, 2.05) is 72.8 Å². The zero-order valence-corrected chi connectivity index (χ0v) is 21.1. The molecule has 0 saturated heterocycles. The fraction of sp³-hybridized carbons (Fsp3) is 0.310. The Morgan fingerprint density at radius 3 is 2.33 bits per heavy atom. The SMILES string of the molecule is COC(=O)Cc1ccccc1OCc1cccc(-c2cccc(C(CO)NC(=O)OC(C)(C)C)c2)c1. The van der Waals surface area contributed by atoms with Crippen molar-refractivity contribution in [2.75, 3.05) is 13.7 Å². The number of carbonyl (C=O) groups is 2. The molecule has 1 atom stereocenters. The van der Waals surface area contributed by atoms with Crippen molar-refractivity contribution in [3.63, 3.8) is 0 Å². The quantitative estimate of drug-likeness (QED) is 0.399. The van der Waals surface area contributed by atoms with Crippen LogP contribution in [0.15, 0.2) is 72.8 Å². The number of para-hydroxylation sites is 1. The number of esters is 1. The van der Waals surface area contributed by atoms with Gasteiger partial charge in [-0.2, -0.15) is 0 Å². The molecule has 3 aromatic rings. The standard InChI is InChI=1S/C29H33NO6/c1-29(2,3)36-28(33)30-25(18-31)23-13-8-12-22(16-23)21-11-7-9-20(15-21)19-35-26-14-6-5-10-24(26)17-27(32)34-4/h5-16,25,31H,17-19H2,1-4H3,(H,30,33). The van der Waals surface area contributed by atoms with E-state index >= 15 is 0 Å². The van der Waals surface area contributed by atoms with E-state index in [4.69, 9.17) is 14.2 Å². The third kappa shape index (κ3) is 7.85. The first-order valence-corrected chi connectivity index (χ1v) is 11.8. The second-order valence-electron chi connectivity index (χ2n) is 9.36. The number of ether oxygens (including phenoxy) is 3. The van der Waals surface area contributed by atoms with Crippen LogP contribution in [0.25, 0.3) is 11.1 Å². The average molecular weight is 492 g/mol. The highest BCUT2D eigenvalue weighted by molar-refractivity contribution is 5.73. The van der Waals surface area contributed by atoms with Crippen molar-refractivity contribution in [2.24, 2.45) is 0 Å². The van der Waals surface area contributed by atoms with Crippen molar-refractivity contribution in [3.05, 3.63) is 89.5 Å². The fourth-order valence-electron chi connectivity index (χ4n) is 3.64. The molecular formula is C29H33NO6. The molecule has 1 unspecified atom stereocenters. The number of carbonyl (C=O) groups excluding carboxylic acids is 2. The Morgan fingerprint density at radius 1 is 0.944 bits per heavy atom. The van der Waals surface area contributed by atoms with Crippen molar-refractivity contribution in [3.8, 4) is 16.9 Å². The lowest BCUT2D eigenvalue weighted by Gasteiger charge is -2.23. The highest BCUT2D eigenvalue weighted by atomic mass is 16.6. The first kappa shape index (κ1) is 26.8. The van der Waals surface area contributed by atoms with Crippen molar-refractivity contribution >= 4 is 12.1 Å². The Bertz CT molecular complexity index is 1180. The zero-order chi connectivity index (χ0) is 26.1. The molecule has 0 spiro atoms. The average Bonchev–Trinajstić information content (AvgIpc) is 2.86. The Hall–Kier alpha value is -3.84. The summed E-state index contributed by atoms with van der Waals surface area (Å²) in [4.78, 5) is 23.9. The maximum atomic E-state index is 12.2. The van der Waals surface area contributed by atoms with Gasteiger partial charge in [0, 0.05) is 5.56 Å². The van der Waals surface area contributed by atoms with Crippen molar-refractivity contribution in [1.29, 1.82) is 0 Å². The van der Waals surface area contributed by atoms with Crippen LogP contribution in [0, 0.1) is 0 Å². The molecule has 7 heteroatoms. The van der Waals surface area contributed by atoms with Gasteiger partial charge in [0.25, 0.3) is 0 Å². The van der Waals surface area contributed by atoms with Gasteiger partial charge in [0.15, 0.2) is 0 Å². The van der Waals surface area contributed by atoms with E-state index < -0.39 is 17.7 Å². The number of hydrogen-bond acceptors (Lipinski definition) is 6. The molecule has 0 saturated carbocycles. The number of rotatable bonds is 9. The number of amides is 1. The van der Waals surface area contributed by atoms with Gasteiger partial charge in [-0.05, 0) is 61.2 Å². The van der Waals surface area contributed by atoms with Crippen LogP contribution >= 0.6 is 0 Å². The molecule has 0 heterocycles. The van der Waals surface area contributed by atoms with Crippen LogP contribution in [0.2, 0.25) is 0 Å². The van der Waals surface area contributed by atoms with E-state index in [1.165, 1.54) is 7.11 Å². The van der Waals surface area contributed by atoms with E-state index in [0.717, 1.165) is 27.8 Å². The maximum absolute atomic E-state index is 12.2. The summed E-state index contributed by atoms with van der Waals surface area (Å²) in [5, 5.41) is 12.6. The Kier molecular flexibility index (Phi) is 9.08. The van der Waals surface area contributed by atoms with Gasteiger partial charge < -0.3 is 24.6 Å². The number of nitrogens with one attached hydrogen (secondary N) is 1. The number of methoxy groups -OCH3 is 1. The maximum Gasteiger partial charge on any atom is 0.408 e. The van der Waals surface area contributed by atoms with Gasteiger partial charge in [0.2, 0.25) is 0 Å². The molecular weight excluding hydrogens is 458 g/mol. The van der Waals surface area contributed by atoms with E-state index in [-0.39, 0.29) is 19.0 Å². The summed E-state index contributed by atoms with van der Waals surface area (Å²) in [5.41, 5.74) is 3.75. The van der Waals surface area contributed by atoms with Gasteiger partial charge in [-0.25, -0.2) is 4.79 Å². The molecule has 0 aliphatic rings. The summed E-state index contributed by atoms with van der Waals surface area (Å²) >= 11 is 0. The van der Waals surface area contributed by atoms with Crippen LogP contribution in [-0.2, 0) is 27.3 Å². The first-order valence-electron chi connectivity index (χ1n) is 11.8. The molecule has 1 amide bonds. The molecule has 0 fully saturated rings. The van der Waals surface area contributed by atoms with Gasteiger partial charge in [-0.3, -0.25) is 4.79 Å². The molecule has 2 N–H and O–H groups in total. The van der Waals surface area contributed by atoms with Crippen molar-refractivity contribution in [2.45, 2.75) is 45.4 Å². The van der Waals surface area contributed by atoms with E-state index in [1.54, 1.807) is 20.8 Å². The summed E-state index contributed by atoms with van der Waals surface area (Å²) < 4.78 is 16.1. The number of alkyl carbamates (subject to hydrolysis) is 1. The van der Waals surface area contributed by atoms with E-state index in [2.05, 4.69) is 5.32 Å². The first-order chi connectivity index (χ1) is 17.2. The molecule has 0 aromatic heterocycles. The molecule has 7 nitrogen and oxygen atoms in total. The third-order valence-corrected chi connectivity index (χ3v) is 5.35. The predicted molar refractivity (Wildman–Crippen MR) is 138 cm³/mol. The molecule has 190 valence electrons. The van der Waals surface area contributed by atoms with Crippen LogP contribution in [0.4, 0.5) is 4.79 Å². The second kappa shape index (κ2) is 12.2. The number of aliphatic hydroxyl groups excluding tert-OH is 1. The van der Waals surface area contributed by atoms with Gasteiger partial charge >= 0.3 is 12.1 Å². The largest absolute Gasteiger partial charge is 0.489 e. The Balaban J connectivity index is 1.74. The summed E-state index contributed by atoms with van der Waals surface area (Å²) in [6.07, 6.45) is -0.443. The molecule has 36 heavy (non-hydrogen) atoms. The van der Waals surface area contributed by atoms with Gasteiger partial charge in [-0.1, -0.05) is 54.6 Å². The van der Waals surface area contributed by atoms with Gasteiger partial charge in [0.05, 0.1) is 26.2 Å². The van der Waals surface area contributed by atoms with Crippen LogP contribution in [-0.4, -0.2) is 36.5 Å². The minimum atomic E-state index is -0.631. The lowest BCUT2D eigenvalue weighted by Crippen LogP contribution is -2.36. The second-order valence-corrected chi connectivity index (χ2v) is 9.36. The van der Waals surface area contributed by atoms with Crippen molar-refractivity contribution in [1.82, 2.24) is 5.32 Å². The monoisotopic (exact) mass is 491 g/mol. The number of hydrogen-bond donors (Lipinski definition) is 2.